The summed E-state index contributed by atoms with van der Waals surface area (Å²) in [5.74, 6) is 0.777. The maximum Gasteiger partial charge on any atom is 0.261 e. The molecule has 1 aliphatic heterocycles. The van der Waals surface area contributed by atoms with Gasteiger partial charge in [-0.05, 0) is 35.9 Å². The van der Waals surface area contributed by atoms with Gasteiger partial charge in [-0.2, -0.15) is 9.78 Å². The number of hydrogen-bond acceptors (Lipinski definition) is 5. The van der Waals surface area contributed by atoms with E-state index in [4.69, 9.17) is 9.84 Å². The van der Waals surface area contributed by atoms with Crippen molar-refractivity contribution in [2.45, 2.75) is 6.54 Å². The molecule has 0 aliphatic carbocycles. The molecule has 0 atom stereocenters. The third-order valence-corrected chi connectivity index (χ3v) is 6.47. The number of ether oxygens (including phenoxy) is 1. The van der Waals surface area contributed by atoms with Crippen LogP contribution in [0.15, 0.2) is 91.0 Å². The molecule has 6 heteroatoms. The van der Waals surface area contributed by atoms with E-state index in [1.807, 2.05) is 66.7 Å². The van der Waals surface area contributed by atoms with E-state index < -0.39 is 0 Å². The van der Waals surface area contributed by atoms with Crippen LogP contribution in [0, 0.1) is 0 Å². The summed E-state index contributed by atoms with van der Waals surface area (Å²) in [4.78, 5) is 18.1. The number of methoxy groups -OCH3 is 1. The van der Waals surface area contributed by atoms with Crippen molar-refractivity contribution in [3.05, 3.63) is 96.6 Å². The lowest BCUT2D eigenvalue weighted by Gasteiger charge is -2.34. The summed E-state index contributed by atoms with van der Waals surface area (Å²) in [6, 6.07) is 30.3. The van der Waals surface area contributed by atoms with Crippen LogP contribution in [-0.4, -0.2) is 65.3 Å². The van der Waals surface area contributed by atoms with Gasteiger partial charge in [0.15, 0.2) is 0 Å². The lowest BCUT2D eigenvalue weighted by atomic mass is 10.1. The molecule has 1 aromatic heterocycles. The highest BCUT2D eigenvalue weighted by molar-refractivity contribution is 5.86. The molecule has 3 aromatic carbocycles. The lowest BCUT2D eigenvalue weighted by molar-refractivity contribution is 0.0755. The number of rotatable bonds is 7. The molecule has 0 amide bonds. The summed E-state index contributed by atoms with van der Waals surface area (Å²) in [6.07, 6.45) is 0. The fourth-order valence-electron chi connectivity index (χ4n) is 4.49. The molecule has 2 heterocycles. The highest BCUT2D eigenvalue weighted by Gasteiger charge is 2.22. The van der Waals surface area contributed by atoms with Crippen molar-refractivity contribution < 1.29 is 9.53 Å². The van der Waals surface area contributed by atoms with Gasteiger partial charge < -0.3 is 4.74 Å². The van der Waals surface area contributed by atoms with Gasteiger partial charge in [-0.15, -0.1) is 0 Å². The Bertz CT molecular complexity index is 1250. The zero-order valence-corrected chi connectivity index (χ0v) is 20.0. The van der Waals surface area contributed by atoms with Crippen LogP contribution in [0.1, 0.15) is 10.4 Å². The first-order chi connectivity index (χ1) is 17.2. The number of carbonyl (C=O) groups is 1. The minimum Gasteiger partial charge on any atom is -0.497 e. The van der Waals surface area contributed by atoms with Crippen LogP contribution in [0.5, 0.6) is 5.75 Å². The highest BCUT2D eigenvalue weighted by atomic mass is 16.5. The molecule has 0 unspecified atom stereocenters. The molecular formula is C29H30N4O2. The molecule has 0 bridgehead atoms. The molecule has 6 nitrogen and oxygen atoms in total. The summed E-state index contributed by atoms with van der Waals surface area (Å²) in [6.45, 7) is 4.93. The molecule has 0 radical (unpaired) electrons. The van der Waals surface area contributed by atoms with E-state index in [9.17, 15) is 4.79 Å². The third kappa shape index (κ3) is 5.50. The fraction of sp³-hybridized carbons (Fsp3) is 0.241. The van der Waals surface area contributed by atoms with Crippen LogP contribution in [0.3, 0.4) is 0 Å². The van der Waals surface area contributed by atoms with Crippen molar-refractivity contribution in [1.29, 1.82) is 0 Å². The Balaban J connectivity index is 1.31. The van der Waals surface area contributed by atoms with Gasteiger partial charge >= 0.3 is 0 Å². The van der Waals surface area contributed by atoms with E-state index in [0.717, 1.165) is 61.0 Å². The van der Waals surface area contributed by atoms with E-state index in [2.05, 4.69) is 34.1 Å². The molecule has 178 valence electrons. The Morgan fingerprint density at radius 1 is 0.800 bits per heavy atom. The summed E-state index contributed by atoms with van der Waals surface area (Å²) in [7, 11) is 1.65. The number of hydrogen-bond donors (Lipinski definition) is 0. The first-order valence-electron chi connectivity index (χ1n) is 12.0. The first-order valence-corrected chi connectivity index (χ1v) is 12.0. The van der Waals surface area contributed by atoms with Crippen LogP contribution in [0.2, 0.25) is 0 Å². The van der Waals surface area contributed by atoms with Gasteiger partial charge in [0.1, 0.15) is 5.75 Å². The monoisotopic (exact) mass is 466 g/mol. The molecule has 0 N–H and O–H groups in total. The van der Waals surface area contributed by atoms with Crippen molar-refractivity contribution in [3.63, 3.8) is 0 Å². The topological polar surface area (TPSA) is 50.6 Å². The van der Waals surface area contributed by atoms with Crippen LogP contribution >= 0.6 is 0 Å². The van der Waals surface area contributed by atoms with Crippen LogP contribution in [-0.2, 0) is 6.54 Å². The summed E-state index contributed by atoms with van der Waals surface area (Å²) >= 11 is 0. The van der Waals surface area contributed by atoms with E-state index in [-0.39, 0.29) is 5.91 Å². The van der Waals surface area contributed by atoms with E-state index >= 15 is 0 Å². The second kappa shape index (κ2) is 10.7. The molecule has 35 heavy (non-hydrogen) atoms. The van der Waals surface area contributed by atoms with Crippen molar-refractivity contribution in [2.24, 2.45) is 0 Å². The van der Waals surface area contributed by atoms with Gasteiger partial charge in [-0.25, -0.2) is 0 Å². The molecule has 0 saturated carbocycles. The quantitative estimate of drug-likeness (QED) is 0.396. The SMILES string of the molecule is COc1ccc(-c2cc(-c3ccccc3)n(C(=O)CN3CCN(Cc4ccccc4)CC3)n2)cc1. The van der Waals surface area contributed by atoms with Gasteiger partial charge in [0, 0.05) is 43.9 Å². The number of piperazine rings is 1. The Labute approximate surface area is 206 Å². The molecule has 1 saturated heterocycles. The third-order valence-electron chi connectivity index (χ3n) is 6.47. The predicted octanol–water partition coefficient (Wildman–Crippen LogP) is 4.68. The fourth-order valence-corrected chi connectivity index (χ4v) is 4.49. The molecule has 5 rings (SSSR count). The summed E-state index contributed by atoms with van der Waals surface area (Å²) in [5, 5.41) is 4.74. The Morgan fingerprint density at radius 2 is 1.43 bits per heavy atom. The van der Waals surface area contributed by atoms with Gasteiger partial charge in [0.05, 0.1) is 25.0 Å². The summed E-state index contributed by atoms with van der Waals surface area (Å²) in [5.41, 5.74) is 4.83. The van der Waals surface area contributed by atoms with Crippen molar-refractivity contribution in [2.75, 3.05) is 39.8 Å². The van der Waals surface area contributed by atoms with Gasteiger partial charge in [-0.3, -0.25) is 14.6 Å². The van der Waals surface area contributed by atoms with E-state index in [1.165, 1.54) is 5.56 Å². The first kappa shape index (κ1) is 23.0. The normalized spacial score (nSPS) is 14.7. The lowest BCUT2D eigenvalue weighted by Crippen LogP contribution is -2.48. The largest absolute Gasteiger partial charge is 0.497 e. The van der Waals surface area contributed by atoms with Gasteiger partial charge in [-0.1, -0.05) is 60.7 Å². The minimum absolute atomic E-state index is 0.0138. The summed E-state index contributed by atoms with van der Waals surface area (Å²) < 4.78 is 6.85. The Morgan fingerprint density at radius 3 is 2.09 bits per heavy atom. The zero-order chi connectivity index (χ0) is 24.0. The maximum atomic E-state index is 13.4. The van der Waals surface area contributed by atoms with E-state index in [1.54, 1.807) is 11.8 Å². The molecular weight excluding hydrogens is 436 g/mol. The van der Waals surface area contributed by atoms with Crippen LogP contribution in [0.4, 0.5) is 0 Å². The highest BCUT2D eigenvalue weighted by Crippen LogP contribution is 2.27. The Kier molecular flexibility index (Phi) is 7.02. The second-order valence-corrected chi connectivity index (χ2v) is 8.85. The average Bonchev–Trinajstić information content (AvgIpc) is 3.37. The zero-order valence-electron chi connectivity index (χ0n) is 20.0. The molecule has 1 fully saturated rings. The molecule has 1 aliphatic rings. The van der Waals surface area contributed by atoms with Crippen molar-refractivity contribution in [3.8, 4) is 28.3 Å². The molecule has 4 aromatic rings. The number of benzene rings is 3. The standard InChI is InChI=1S/C29H30N4O2/c1-35-26-14-12-24(13-15-26)27-20-28(25-10-6-3-7-11-25)33(30-27)29(34)22-32-18-16-31(17-19-32)21-23-8-4-2-5-9-23/h2-15,20H,16-19,21-22H2,1H3. The van der Waals surface area contributed by atoms with Crippen molar-refractivity contribution in [1.82, 2.24) is 19.6 Å². The van der Waals surface area contributed by atoms with Crippen molar-refractivity contribution >= 4 is 5.91 Å². The predicted molar refractivity (Wildman–Crippen MR) is 138 cm³/mol. The average molecular weight is 467 g/mol. The maximum absolute atomic E-state index is 13.4. The minimum atomic E-state index is -0.0138. The number of carbonyl (C=O) groups excluding carboxylic acids is 1. The Hall–Kier alpha value is -3.74. The smallest absolute Gasteiger partial charge is 0.261 e. The van der Waals surface area contributed by atoms with Crippen LogP contribution in [0.25, 0.3) is 22.5 Å². The number of aromatic nitrogens is 2. The van der Waals surface area contributed by atoms with E-state index in [0.29, 0.717) is 6.54 Å². The number of nitrogens with zero attached hydrogens (tertiary/aromatic N) is 4. The second-order valence-electron chi connectivity index (χ2n) is 8.85. The van der Waals surface area contributed by atoms with Crippen LogP contribution < -0.4 is 4.74 Å². The van der Waals surface area contributed by atoms with Gasteiger partial charge in [0.2, 0.25) is 0 Å². The molecule has 0 spiro atoms. The van der Waals surface area contributed by atoms with Gasteiger partial charge in [0.25, 0.3) is 5.91 Å².